The van der Waals surface area contributed by atoms with Gasteiger partial charge in [-0.25, -0.2) is 13.2 Å². The van der Waals surface area contributed by atoms with Gasteiger partial charge in [-0.05, 0) is 136 Å². The van der Waals surface area contributed by atoms with Gasteiger partial charge < -0.3 is 26.6 Å². The predicted octanol–water partition coefficient (Wildman–Crippen LogP) is 15.9. The molecule has 0 spiro atoms. The Kier molecular flexibility index (Phi) is 22.9. The van der Waals surface area contributed by atoms with E-state index in [0.29, 0.717) is 44.9 Å². The summed E-state index contributed by atoms with van der Waals surface area (Å²) >= 11 is 54.8. The zero-order valence-corrected chi connectivity index (χ0v) is 46.7. The largest absolute Gasteiger partial charge is 0.356 e. The average Bonchev–Trinajstić information content (AvgIpc) is 4.23. The smallest absolute Gasteiger partial charge is 0.145 e. The first-order valence-electron chi connectivity index (χ1n) is 22.6. The molecule has 5 aliphatic rings. The number of rotatable bonds is 10. The van der Waals surface area contributed by atoms with E-state index in [-0.39, 0.29) is 22.5 Å². The van der Waals surface area contributed by atoms with E-state index in [9.17, 15) is 13.2 Å². The summed E-state index contributed by atoms with van der Waals surface area (Å²) in [7, 11) is 0. The molecule has 5 heterocycles. The van der Waals surface area contributed by atoms with Gasteiger partial charge in [-0.15, -0.1) is 0 Å². The molecule has 5 N–H and O–H groups in total. The van der Waals surface area contributed by atoms with Crippen LogP contribution in [0.2, 0.25) is 25.1 Å². The predicted molar refractivity (Wildman–Crippen MR) is 318 cm³/mol. The highest BCUT2D eigenvalue weighted by Gasteiger charge is 2.16. The first-order chi connectivity index (χ1) is 35.0. The lowest BCUT2D eigenvalue weighted by atomic mass is 10.0. The summed E-state index contributed by atoms with van der Waals surface area (Å²) in [6, 6.07) is 29.6. The summed E-state index contributed by atoms with van der Waals surface area (Å²) in [5, 5.41) is 17.9. The molecule has 5 nitrogen and oxygen atoms in total. The van der Waals surface area contributed by atoms with Crippen molar-refractivity contribution in [3.63, 3.8) is 0 Å². The third-order valence-electron chi connectivity index (χ3n) is 11.2. The third-order valence-corrected chi connectivity index (χ3v) is 14.1. The molecule has 73 heavy (non-hydrogen) atoms. The first-order valence-corrected chi connectivity index (χ1v) is 26.5. The minimum absolute atomic E-state index is 0.147. The highest BCUT2D eigenvalue weighted by molar-refractivity contribution is 7.81. The molecular formula is C55H47Cl5F3N5S5. The number of benzene rings is 5. The van der Waals surface area contributed by atoms with Crippen LogP contribution >= 0.6 is 119 Å². The third kappa shape index (κ3) is 19.3. The van der Waals surface area contributed by atoms with E-state index in [0.717, 1.165) is 103 Å². The van der Waals surface area contributed by atoms with Gasteiger partial charge in [-0.3, -0.25) is 0 Å². The molecular weight excluding hydrogens is 1130 g/mol. The highest BCUT2D eigenvalue weighted by atomic mass is 35.5. The zero-order chi connectivity index (χ0) is 52.4. The van der Waals surface area contributed by atoms with Gasteiger partial charge in [0.25, 0.3) is 0 Å². The zero-order valence-electron chi connectivity index (χ0n) is 38.8. The van der Waals surface area contributed by atoms with Gasteiger partial charge in [-0.1, -0.05) is 174 Å². The summed E-state index contributed by atoms with van der Waals surface area (Å²) in [6.07, 6.45) is 17.1. The van der Waals surface area contributed by atoms with Crippen molar-refractivity contribution >= 4 is 144 Å². The molecule has 0 saturated heterocycles. The maximum absolute atomic E-state index is 13.5. The van der Waals surface area contributed by atoms with Crippen LogP contribution in [0.4, 0.5) is 13.2 Å². The summed E-state index contributed by atoms with van der Waals surface area (Å²) in [5.41, 5.74) is 10.5. The molecule has 378 valence electrons. The lowest BCUT2D eigenvalue weighted by Crippen LogP contribution is -2.05. The van der Waals surface area contributed by atoms with Crippen LogP contribution in [0.3, 0.4) is 0 Å². The topological polar surface area (TPSA) is 60.1 Å². The van der Waals surface area contributed by atoms with Gasteiger partial charge in [0.1, 0.15) is 17.5 Å². The van der Waals surface area contributed by atoms with E-state index in [1.807, 2.05) is 67.4 Å². The van der Waals surface area contributed by atoms with E-state index in [4.69, 9.17) is 119 Å². The molecule has 18 heteroatoms. The molecule has 5 aliphatic heterocycles. The Hall–Kier alpha value is -4.51. The molecule has 0 radical (unpaired) electrons. The minimum Gasteiger partial charge on any atom is -0.356 e. The fourth-order valence-electron chi connectivity index (χ4n) is 7.54. The van der Waals surface area contributed by atoms with E-state index in [1.54, 1.807) is 48.5 Å². The Balaban J connectivity index is 0.000000149. The highest BCUT2D eigenvalue weighted by Crippen LogP contribution is 2.29. The molecule has 0 saturated carbocycles. The molecule has 10 rings (SSSR count). The van der Waals surface area contributed by atoms with Gasteiger partial charge in [0.05, 0.1) is 30.0 Å². The Bertz CT molecular complexity index is 3030. The summed E-state index contributed by atoms with van der Waals surface area (Å²) in [4.78, 5) is 4.19. The lowest BCUT2D eigenvalue weighted by Gasteiger charge is -2.06. The monoisotopic (exact) mass is 1170 g/mol. The quantitative estimate of drug-likeness (QED) is 0.0875. The van der Waals surface area contributed by atoms with Crippen LogP contribution in [0.5, 0.6) is 0 Å². The van der Waals surface area contributed by atoms with Crippen molar-refractivity contribution in [2.45, 2.75) is 64.2 Å². The molecule has 5 aromatic carbocycles. The van der Waals surface area contributed by atoms with Crippen molar-refractivity contribution in [2.24, 2.45) is 0 Å². The maximum Gasteiger partial charge on any atom is 0.145 e. The Morgan fingerprint density at radius 1 is 0.384 bits per heavy atom. The molecule has 0 bridgehead atoms. The van der Waals surface area contributed by atoms with E-state index >= 15 is 0 Å². The number of hydrogen-bond acceptors (Lipinski definition) is 5. The number of hydrogen-bond donors (Lipinski definition) is 5. The van der Waals surface area contributed by atoms with Gasteiger partial charge in [0.15, 0.2) is 0 Å². The van der Waals surface area contributed by atoms with Gasteiger partial charge in [-0.2, -0.15) is 0 Å². The van der Waals surface area contributed by atoms with Crippen LogP contribution in [-0.4, -0.2) is 24.9 Å². The lowest BCUT2D eigenvalue weighted by molar-refractivity contribution is 0.613. The maximum atomic E-state index is 13.5. The molecule has 0 fully saturated rings. The normalized spacial score (nSPS) is 15.1. The van der Waals surface area contributed by atoms with Crippen LogP contribution in [0, 0.1) is 17.5 Å². The van der Waals surface area contributed by atoms with Crippen molar-refractivity contribution in [3.8, 4) is 0 Å². The van der Waals surface area contributed by atoms with Crippen molar-refractivity contribution < 1.29 is 13.2 Å². The second-order valence-electron chi connectivity index (χ2n) is 17.0. The van der Waals surface area contributed by atoms with Crippen molar-refractivity contribution in [2.75, 3.05) is 0 Å². The Morgan fingerprint density at radius 2 is 0.795 bits per heavy atom. The fourth-order valence-corrected chi connectivity index (χ4v) is 9.96. The number of halogens is 8. The SMILES string of the molecule is Fc1c(Cl)cccc1CC1=CNC(=S)C1.Fc1ccc(CC2=CNC(=S)C2)cc1.Fc1ccccc1CC1=CNC(=S)C1.S=C1CC(Cc2c(Cl)cccc2Cl)=CN1.S=C1CC(Cc2ccc(Cl)cc2Cl)=CN1. The van der Waals surface area contributed by atoms with Gasteiger partial charge in [0.2, 0.25) is 0 Å². The van der Waals surface area contributed by atoms with Crippen molar-refractivity contribution in [3.05, 3.63) is 232 Å². The summed E-state index contributed by atoms with van der Waals surface area (Å²) in [6.45, 7) is 0. The Morgan fingerprint density at radius 3 is 1.26 bits per heavy atom. The Labute approximate surface area is 476 Å². The molecule has 0 aliphatic carbocycles. The van der Waals surface area contributed by atoms with E-state index < -0.39 is 0 Å². The second-order valence-corrected chi connectivity index (χ2v) is 21.5. The van der Waals surface area contributed by atoms with Gasteiger partial charge >= 0.3 is 0 Å². The molecule has 0 unspecified atom stereocenters. The molecule has 0 amide bonds. The van der Waals surface area contributed by atoms with E-state index in [2.05, 4.69) is 26.6 Å². The second kappa shape index (κ2) is 29.0. The number of nitrogens with one attached hydrogen (secondary N) is 5. The standard InChI is InChI=1S/2C11H9Cl2NS.C11H9ClFNS.2C11H10FNS/c12-9-2-1-8(10(13)5-9)3-7-4-11(15)14-6-7;12-9-2-1-3-10(13)8(9)4-7-5-11(15)14-6-7;12-9-3-1-2-8(11(9)13)4-7-5-10(15)14-6-7;12-10-3-1-8(2-4-10)5-9-6-11(14)13-7-9;12-10-4-2-1-3-9(10)5-8-6-11(14)13-7-8/h1-2,5-6H,3-4H2,(H,14,15);2*1-3,6H,4-5H2,(H,14,15);2*1-4,7H,5-6H2,(H,13,14). The molecule has 0 atom stereocenters. The molecule has 0 aromatic heterocycles. The van der Waals surface area contributed by atoms with E-state index in [1.165, 1.54) is 34.9 Å². The first kappa shape index (κ1) is 57.8. The summed E-state index contributed by atoms with van der Waals surface area (Å²) in [5.74, 6) is -0.674. The van der Waals surface area contributed by atoms with Crippen molar-refractivity contribution in [1.82, 2.24) is 26.6 Å². The van der Waals surface area contributed by atoms with Crippen molar-refractivity contribution in [1.29, 1.82) is 0 Å². The van der Waals surface area contributed by atoms with Gasteiger partial charge in [0, 0.05) is 83.2 Å². The van der Waals surface area contributed by atoms with Crippen LogP contribution in [0.25, 0.3) is 0 Å². The fraction of sp³-hybridized carbons (Fsp3) is 0.182. The number of thiocarbonyl (C=S) groups is 5. The average molecular weight is 1170 g/mol. The van der Waals surface area contributed by atoms with Crippen LogP contribution < -0.4 is 26.6 Å². The van der Waals surface area contributed by atoms with Crippen LogP contribution in [0.1, 0.15) is 59.9 Å². The molecule has 5 aromatic rings. The van der Waals surface area contributed by atoms with Crippen LogP contribution in [0.15, 0.2) is 162 Å². The minimum atomic E-state index is -0.335. The van der Waals surface area contributed by atoms with Crippen LogP contribution in [-0.2, 0) is 32.1 Å². The summed E-state index contributed by atoms with van der Waals surface area (Å²) < 4.78 is 39.4.